The fourth-order valence-corrected chi connectivity index (χ4v) is 10.7. The number of aromatic nitrogens is 5. The van der Waals surface area contributed by atoms with Crippen LogP contribution in [0.4, 0.5) is 0 Å². The maximum Gasteiger partial charge on any atom is 0.254 e. The summed E-state index contributed by atoms with van der Waals surface area (Å²) < 4.78 is 13.6. The summed E-state index contributed by atoms with van der Waals surface area (Å²) in [6, 6.07) is 15.8. The first-order valence-corrected chi connectivity index (χ1v) is 24.3. The number of fused-ring (bicyclic) bond motifs is 3. The number of aliphatic imine (C=N–C) groups is 1. The average Bonchev–Trinajstić information content (AvgIpc) is 4.14. The van der Waals surface area contributed by atoms with Gasteiger partial charge in [-0.1, -0.05) is 61.8 Å². The number of unbranched alkanes of at least 4 members (excludes halogenated alkanes) is 2. The van der Waals surface area contributed by atoms with E-state index in [4.69, 9.17) is 25.9 Å². The number of carbonyl (C=O) groups excluding carboxylic acids is 3. The summed E-state index contributed by atoms with van der Waals surface area (Å²) in [4.78, 5) is 54.3. The number of hydrogen-bond donors (Lipinski definition) is 3. The van der Waals surface area contributed by atoms with Crippen molar-refractivity contribution in [2.75, 3.05) is 19.7 Å². The zero-order valence-electron chi connectivity index (χ0n) is 37.8. The molecule has 3 amide bonds. The van der Waals surface area contributed by atoms with Crippen molar-refractivity contribution >= 4 is 57.7 Å². The summed E-state index contributed by atoms with van der Waals surface area (Å²) >= 11 is 9.50. The molecule has 8 rings (SSSR count). The molecule has 2 aliphatic rings. The standard InChI is InChI=1S/C48H54ClN9O6S2/c1-26(2)41(47(62)57-24-35(59)20-37(57)46(61)51-23-31-10-12-33(13-11-31)44-28(4)52-25-65-44)38-22-40(56-64-38)63-19-9-7-8-18-50-39(60)21-36-45-55-54-30(6)58(45)48-42(27(3)29(5)66-48)43(53-36)32-14-16-34(49)17-15-32/h10-17,22,25-26,35-37,41,59H,7-9,18-21,23-24H2,1-6H3,(H,50,60)(H,51,61)/t35-,36?,37+,41+/m1/s1. The number of aliphatic hydroxyl groups is 1. The van der Waals surface area contributed by atoms with Crippen LogP contribution in [0.3, 0.4) is 0 Å². The van der Waals surface area contributed by atoms with Crippen molar-refractivity contribution in [3.05, 3.63) is 115 Å². The topological polar surface area (TPSA) is 190 Å². The fourth-order valence-electron chi connectivity index (χ4n) is 8.56. The lowest BCUT2D eigenvalue weighted by Gasteiger charge is -2.28. The van der Waals surface area contributed by atoms with Gasteiger partial charge >= 0.3 is 0 Å². The molecule has 0 saturated carbocycles. The van der Waals surface area contributed by atoms with Gasteiger partial charge < -0.3 is 29.9 Å². The monoisotopic (exact) mass is 951 g/mol. The average molecular weight is 953 g/mol. The van der Waals surface area contributed by atoms with E-state index in [0.717, 1.165) is 67.8 Å². The van der Waals surface area contributed by atoms with Crippen LogP contribution < -0.4 is 15.4 Å². The van der Waals surface area contributed by atoms with Crippen molar-refractivity contribution in [2.45, 2.75) is 104 Å². The summed E-state index contributed by atoms with van der Waals surface area (Å²) in [5.74, 6) is 0.239. The van der Waals surface area contributed by atoms with E-state index in [1.165, 1.54) is 9.78 Å². The molecule has 346 valence electrons. The minimum atomic E-state index is -0.831. The second-order valence-corrected chi connectivity index (χ2v) is 19.7. The lowest BCUT2D eigenvalue weighted by Crippen LogP contribution is -2.48. The number of β-amino-alcohol motifs (C(OH)–C–C–N with tert-alkyl or cyclic N) is 1. The van der Waals surface area contributed by atoms with E-state index in [0.29, 0.717) is 36.2 Å². The third-order valence-electron chi connectivity index (χ3n) is 12.2. The van der Waals surface area contributed by atoms with Gasteiger partial charge in [-0.15, -0.1) is 32.9 Å². The molecule has 4 atom stereocenters. The van der Waals surface area contributed by atoms with Gasteiger partial charge in [-0.3, -0.25) is 23.9 Å². The summed E-state index contributed by atoms with van der Waals surface area (Å²) in [7, 11) is 0. The normalized spacial score (nSPS) is 17.3. The van der Waals surface area contributed by atoms with Gasteiger partial charge in [0.1, 0.15) is 28.8 Å². The number of nitrogens with one attached hydrogen (secondary N) is 2. The molecule has 1 fully saturated rings. The zero-order chi connectivity index (χ0) is 46.6. The smallest absolute Gasteiger partial charge is 0.254 e. The molecular weight excluding hydrogens is 898 g/mol. The highest BCUT2D eigenvalue weighted by molar-refractivity contribution is 7.15. The predicted octanol–water partition coefficient (Wildman–Crippen LogP) is 7.99. The van der Waals surface area contributed by atoms with Crippen molar-refractivity contribution in [1.29, 1.82) is 0 Å². The number of halogens is 1. The second-order valence-electron chi connectivity index (χ2n) is 17.2. The van der Waals surface area contributed by atoms with Crippen molar-refractivity contribution in [3.63, 3.8) is 0 Å². The molecule has 3 N–H and O–H groups in total. The molecule has 2 aromatic carbocycles. The van der Waals surface area contributed by atoms with Gasteiger partial charge in [0, 0.05) is 53.1 Å². The Balaban J connectivity index is 0.808. The quantitative estimate of drug-likeness (QED) is 0.0756. The number of hydrogen-bond acceptors (Lipinski definition) is 13. The Morgan fingerprint density at radius 2 is 1.74 bits per heavy atom. The number of ether oxygens (including phenoxy) is 1. The number of likely N-dealkylation sites (tertiary alicyclic amines) is 1. The number of rotatable bonds is 17. The summed E-state index contributed by atoms with van der Waals surface area (Å²) in [5, 5.41) is 31.3. The van der Waals surface area contributed by atoms with Gasteiger partial charge in [0.25, 0.3) is 5.88 Å². The van der Waals surface area contributed by atoms with Crippen molar-refractivity contribution in [3.8, 4) is 21.3 Å². The van der Waals surface area contributed by atoms with Crippen LogP contribution in [0.5, 0.6) is 5.88 Å². The van der Waals surface area contributed by atoms with E-state index >= 15 is 0 Å². The van der Waals surface area contributed by atoms with E-state index < -0.39 is 24.1 Å². The minimum Gasteiger partial charge on any atom is -0.476 e. The third kappa shape index (κ3) is 10.1. The van der Waals surface area contributed by atoms with Crippen LogP contribution in [0.15, 0.2) is 69.6 Å². The van der Waals surface area contributed by atoms with Gasteiger partial charge in [0.15, 0.2) is 11.6 Å². The number of carbonyl (C=O) groups is 3. The molecule has 0 spiro atoms. The number of thiazole rings is 1. The van der Waals surface area contributed by atoms with Crippen LogP contribution in [0.25, 0.3) is 15.4 Å². The van der Waals surface area contributed by atoms with Gasteiger partial charge in [-0.2, -0.15) is 0 Å². The zero-order valence-corrected chi connectivity index (χ0v) is 40.2. The highest BCUT2D eigenvalue weighted by Gasteiger charge is 2.43. The summed E-state index contributed by atoms with van der Waals surface area (Å²) in [5.41, 5.74) is 8.63. The molecule has 15 nitrogen and oxygen atoms in total. The predicted molar refractivity (Wildman–Crippen MR) is 255 cm³/mol. The Labute approximate surface area is 396 Å². The molecular formula is C48H54ClN9O6S2. The number of aryl methyl sites for hydroxylation is 3. The van der Waals surface area contributed by atoms with E-state index in [1.54, 1.807) is 28.7 Å². The number of benzene rings is 2. The van der Waals surface area contributed by atoms with Gasteiger partial charge in [0.05, 0.1) is 40.9 Å². The third-order valence-corrected chi connectivity index (χ3v) is 14.6. The van der Waals surface area contributed by atoms with Crippen molar-refractivity contribution in [2.24, 2.45) is 10.9 Å². The Hall–Kier alpha value is -5.75. The first kappa shape index (κ1) is 46.8. The lowest BCUT2D eigenvalue weighted by molar-refractivity contribution is -0.141. The molecule has 0 bridgehead atoms. The van der Waals surface area contributed by atoms with Crippen molar-refractivity contribution < 1.29 is 28.8 Å². The first-order valence-electron chi connectivity index (χ1n) is 22.3. The van der Waals surface area contributed by atoms with Gasteiger partial charge in [0.2, 0.25) is 17.7 Å². The maximum absolute atomic E-state index is 14.1. The summed E-state index contributed by atoms with van der Waals surface area (Å²) in [6.07, 6.45) is 1.63. The van der Waals surface area contributed by atoms with Gasteiger partial charge in [-0.05, 0) is 86.9 Å². The molecule has 6 heterocycles. The van der Waals surface area contributed by atoms with Crippen LogP contribution in [0, 0.1) is 33.6 Å². The highest BCUT2D eigenvalue weighted by atomic mass is 35.5. The number of nitrogens with zero attached hydrogens (tertiary/aromatic N) is 7. The molecule has 6 aromatic rings. The number of aliphatic hydroxyl groups excluding tert-OH is 1. The Morgan fingerprint density at radius 1 is 0.985 bits per heavy atom. The largest absolute Gasteiger partial charge is 0.476 e. The molecule has 66 heavy (non-hydrogen) atoms. The number of amides is 3. The van der Waals surface area contributed by atoms with Crippen LogP contribution >= 0.6 is 34.3 Å². The Bertz CT molecular complexity index is 2720. The van der Waals surface area contributed by atoms with Crippen LogP contribution in [-0.4, -0.2) is 90.2 Å². The minimum absolute atomic E-state index is 0.0407. The summed E-state index contributed by atoms with van der Waals surface area (Å²) in [6.45, 7) is 13.0. The van der Waals surface area contributed by atoms with Crippen molar-refractivity contribution in [1.82, 2.24) is 40.4 Å². The maximum atomic E-state index is 14.1. The van der Waals surface area contributed by atoms with E-state index in [1.807, 2.05) is 86.3 Å². The van der Waals surface area contributed by atoms with Crippen LogP contribution in [0.2, 0.25) is 5.02 Å². The lowest BCUT2D eigenvalue weighted by atomic mass is 9.91. The molecule has 1 unspecified atom stereocenters. The Morgan fingerprint density at radius 3 is 2.47 bits per heavy atom. The molecule has 1 saturated heterocycles. The molecule has 4 aromatic heterocycles. The molecule has 2 aliphatic heterocycles. The SMILES string of the molecule is Cc1ncsc1-c1ccc(CNC(=O)[C@@H]2C[C@@H](O)CN2C(=O)[C@H](c2cc(OCCCCCNC(=O)CC3N=C(c4ccc(Cl)cc4)c4c(sc(C)c4C)-n4c(C)nnc43)no2)C(C)C)cc1. The second kappa shape index (κ2) is 20.4. The fraction of sp³-hybridized carbons (Fsp3) is 0.417. The number of thiophene rings is 1. The highest BCUT2D eigenvalue weighted by Crippen LogP contribution is 2.40. The molecule has 0 aliphatic carbocycles. The van der Waals surface area contributed by atoms with Crippen LogP contribution in [0.1, 0.15) is 108 Å². The van der Waals surface area contributed by atoms with Crippen LogP contribution in [-0.2, 0) is 20.9 Å². The Kier molecular flexibility index (Phi) is 14.5. The molecule has 18 heteroatoms. The van der Waals surface area contributed by atoms with Gasteiger partial charge in [-0.25, -0.2) is 4.98 Å². The first-order chi connectivity index (χ1) is 31.8. The van der Waals surface area contributed by atoms with E-state index in [-0.39, 0.29) is 55.5 Å². The molecule has 0 radical (unpaired) electrons. The van der Waals surface area contributed by atoms with E-state index in [9.17, 15) is 19.5 Å². The van der Waals surface area contributed by atoms with E-state index in [2.05, 4.69) is 44.8 Å².